The van der Waals surface area contributed by atoms with E-state index >= 15 is 0 Å². The molecule has 0 saturated heterocycles. The van der Waals surface area contributed by atoms with E-state index in [0.29, 0.717) is 38.0 Å². The Balaban J connectivity index is 0.00000576. The summed E-state index contributed by atoms with van der Waals surface area (Å²) in [4.78, 5) is 4.37. The van der Waals surface area contributed by atoms with Crippen molar-refractivity contribution in [1.29, 1.82) is 0 Å². The van der Waals surface area contributed by atoms with Crippen molar-refractivity contribution >= 4 is 29.9 Å². The number of methoxy groups -OCH3 is 1. The number of halogens is 4. The van der Waals surface area contributed by atoms with Crippen molar-refractivity contribution in [2.75, 3.05) is 40.0 Å². The van der Waals surface area contributed by atoms with E-state index in [1.54, 1.807) is 7.11 Å². The Morgan fingerprint density at radius 2 is 1.80 bits per heavy atom. The Morgan fingerprint density at radius 3 is 2.36 bits per heavy atom. The summed E-state index contributed by atoms with van der Waals surface area (Å²) < 4.78 is 47.7. The molecule has 144 valence electrons. The van der Waals surface area contributed by atoms with Crippen LogP contribution in [-0.4, -0.2) is 45.9 Å². The quantitative estimate of drug-likeness (QED) is 0.249. The summed E-state index contributed by atoms with van der Waals surface area (Å²) in [6.45, 7) is 4.79. The SMILES string of the molecule is CCNC(=NCCCOC)NCCOc1ccc(C(F)(F)F)cc1.I. The Labute approximate surface area is 163 Å². The third kappa shape index (κ3) is 10.4. The number of rotatable bonds is 9. The van der Waals surface area contributed by atoms with Crippen molar-refractivity contribution in [3.8, 4) is 5.75 Å². The van der Waals surface area contributed by atoms with Crippen molar-refractivity contribution in [3.63, 3.8) is 0 Å². The number of benzene rings is 1. The first-order valence-corrected chi connectivity index (χ1v) is 7.78. The predicted molar refractivity (Wildman–Crippen MR) is 103 cm³/mol. The molecule has 0 atom stereocenters. The molecule has 0 aliphatic heterocycles. The summed E-state index contributed by atoms with van der Waals surface area (Å²) in [5, 5.41) is 6.20. The van der Waals surface area contributed by atoms with Crippen molar-refractivity contribution in [3.05, 3.63) is 29.8 Å². The van der Waals surface area contributed by atoms with Gasteiger partial charge < -0.3 is 20.1 Å². The fraction of sp³-hybridized carbons (Fsp3) is 0.562. The first-order chi connectivity index (χ1) is 11.5. The van der Waals surface area contributed by atoms with Crippen molar-refractivity contribution in [2.24, 2.45) is 4.99 Å². The molecule has 0 spiro atoms. The lowest BCUT2D eigenvalue weighted by molar-refractivity contribution is -0.137. The van der Waals surface area contributed by atoms with Crippen molar-refractivity contribution < 1.29 is 22.6 Å². The van der Waals surface area contributed by atoms with E-state index in [1.807, 2.05) is 6.92 Å². The van der Waals surface area contributed by atoms with Crippen LogP contribution in [0.15, 0.2) is 29.3 Å². The van der Waals surface area contributed by atoms with Gasteiger partial charge in [0.05, 0.1) is 12.1 Å². The highest BCUT2D eigenvalue weighted by molar-refractivity contribution is 14.0. The van der Waals surface area contributed by atoms with Gasteiger partial charge in [0.1, 0.15) is 12.4 Å². The number of nitrogens with one attached hydrogen (secondary N) is 2. The highest BCUT2D eigenvalue weighted by Crippen LogP contribution is 2.30. The van der Waals surface area contributed by atoms with Crippen LogP contribution in [0.2, 0.25) is 0 Å². The first-order valence-electron chi connectivity index (χ1n) is 7.78. The molecular formula is C16H25F3IN3O2. The average Bonchev–Trinajstić information content (AvgIpc) is 2.55. The molecule has 0 aromatic heterocycles. The zero-order valence-corrected chi connectivity index (χ0v) is 16.7. The summed E-state index contributed by atoms with van der Waals surface area (Å²) in [6, 6.07) is 4.63. The molecule has 2 N–H and O–H groups in total. The molecule has 1 aromatic carbocycles. The van der Waals surface area contributed by atoms with E-state index in [-0.39, 0.29) is 24.0 Å². The molecule has 0 radical (unpaired) electrons. The normalized spacial score (nSPS) is 11.6. The molecule has 25 heavy (non-hydrogen) atoms. The lowest BCUT2D eigenvalue weighted by atomic mass is 10.2. The maximum Gasteiger partial charge on any atom is 0.416 e. The smallest absolute Gasteiger partial charge is 0.416 e. The predicted octanol–water partition coefficient (Wildman–Crippen LogP) is 3.29. The van der Waals surface area contributed by atoms with E-state index in [1.165, 1.54) is 12.1 Å². The molecule has 0 heterocycles. The zero-order chi connectivity index (χ0) is 17.8. The van der Waals surface area contributed by atoms with Crippen LogP contribution in [-0.2, 0) is 10.9 Å². The van der Waals surface area contributed by atoms with Gasteiger partial charge in [0.25, 0.3) is 0 Å². The summed E-state index contributed by atoms with van der Waals surface area (Å²) in [7, 11) is 1.64. The Kier molecular flexibility index (Phi) is 12.4. The van der Waals surface area contributed by atoms with Gasteiger partial charge in [-0.3, -0.25) is 4.99 Å². The van der Waals surface area contributed by atoms with Crippen LogP contribution in [0.25, 0.3) is 0 Å². The first kappa shape index (κ1) is 23.8. The summed E-state index contributed by atoms with van der Waals surface area (Å²) in [5.41, 5.74) is -0.689. The molecule has 0 fully saturated rings. The molecule has 1 rings (SSSR count). The lowest BCUT2D eigenvalue weighted by Crippen LogP contribution is -2.39. The van der Waals surface area contributed by atoms with Crippen LogP contribution in [0.4, 0.5) is 13.2 Å². The molecule has 0 amide bonds. The lowest BCUT2D eigenvalue weighted by Gasteiger charge is -2.12. The number of hydrogen-bond acceptors (Lipinski definition) is 3. The van der Waals surface area contributed by atoms with E-state index in [2.05, 4.69) is 15.6 Å². The third-order valence-electron chi connectivity index (χ3n) is 2.97. The maximum absolute atomic E-state index is 12.5. The molecular weight excluding hydrogens is 450 g/mol. The molecule has 1 aromatic rings. The number of hydrogen-bond donors (Lipinski definition) is 2. The number of nitrogens with zero attached hydrogens (tertiary/aromatic N) is 1. The second kappa shape index (κ2) is 13.0. The maximum atomic E-state index is 12.5. The standard InChI is InChI=1S/C16H24F3N3O2.HI/c1-3-20-15(21-9-4-11-23-2)22-10-12-24-14-7-5-13(6-8-14)16(17,18)19;/h5-8H,3-4,9-12H2,1-2H3,(H2,20,21,22);1H. The van der Waals surface area contributed by atoms with Crippen LogP contribution in [0, 0.1) is 0 Å². The fourth-order valence-corrected chi connectivity index (χ4v) is 1.82. The topological polar surface area (TPSA) is 54.9 Å². The summed E-state index contributed by atoms with van der Waals surface area (Å²) in [5.74, 6) is 1.07. The summed E-state index contributed by atoms with van der Waals surface area (Å²) >= 11 is 0. The van der Waals surface area contributed by atoms with E-state index in [9.17, 15) is 13.2 Å². The molecule has 0 aliphatic rings. The highest BCUT2D eigenvalue weighted by atomic mass is 127. The van der Waals surface area contributed by atoms with Gasteiger partial charge in [-0.05, 0) is 37.6 Å². The van der Waals surface area contributed by atoms with Crippen LogP contribution in [0.5, 0.6) is 5.75 Å². The van der Waals surface area contributed by atoms with Gasteiger partial charge in [-0.15, -0.1) is 24.0 Å². The second-order valence-corrected chi connectivity index (χ2v) is 4.90. The molecule has 0 saturated carbocycles. The van der Waals surface area contributed by atoms with E-state index in [4.69, 9.17) is 9.47 Å². The molecule has 0 aliphatic carbocycles. The number of ether oxygens (including phenoxy) is 2. The van der Waals surface area contributed by atoms with Crippen molar-refractivity contribution in [2.45, 2.75) is 19.5 Å². The third-order valence-corrected chi connectivity index (χ3v) is 2.97. The second-order valence-electron chi connectivity index (χ2n) is 4.90. The van der Waals surface area contributed by atoms with Crippen LogP contribution < -0.4 is 15.4 Å². The highest BCUT2D eigenvalue weighted by Gasteiger charge is 2.29. The van der Waals surface area contributed by atoms with Crippen LogP contribution in [0.3, 0.4) is 0 Å². The van der Waals surface area contributed by atoms with Crippen molar-refractivity contribution in [1.82, 2.24) is 10.6 Å². The minimum Gasteiger partial charge on any atom is -0.492 e. The molecule has 0 unspecified atom stereocenters. The van der Waals surface area contributed by atoms with E-state index < -0.39 is 11.7 Å². The Hall–Kier alpha value is -1.23. The van der Waals surface area contributed by atoms with Gasteiger partial charge in [-0.2, -0.15) is 13.2 Å². The minimum atomic E-state index is -4.33. The molecule has 5 nitrogen and oxygen atoms in total. The summed E-state index contributed by atoms with van der Waals surface area (Å²) in [6.07, 6.45) is -3.50. The van der Waals surface area contributed by atoms with Gasteiger partial charge in [0.15, 0.2) is 5.96 Å². The number of alkyl halides is 3. The number of guanidine groups is 1. The van der Waals surface area contributed by atoms with Crippen LogP contribution in [0.1, 0.15) is 18.9 Å². The zero-order valence-electron chi connectivity index (χ0n) is 14.4. The number of aliphatic imine (C=N–C) groups is 1. The Morgan fingerprint density at radius 1 is 1.12 bits per heavy atom. The average molecular weight is 475 g/mol. The minimum absolute atomic E-state index is 0. The molecule has 9 heteroatoms. The monoisotopic (exact) mass is 475 g/mol. The van der Waals surface area contributed by atoms with Gasteiger partial charge >= 0.3 is 6.18 Å². The largest absolute Gasteiger partial charge is 0.492 e. The Bertz CT molecular complexity index is 496. The fourth-order valence-electron chi connectivity index (χ4n) is 1.82. The van der Waals surface area contributed by atoms with E-state index in [0.717, 1.165) is 25.1 Å². The van der Waals surface area contributed by atoms with Crippen LogP contribution >= 0.6 is 24.0 Å². The molecule has 0 bridgehead atoms. The van der Waals surface area contributed by atoms with Gasteiger partial charge in [-0.1, -0.05) is 0 Å². The van der Waals surface area contributed by atoms with Gasteiger partial charge in [-0.25, -0.2) is 0 Å². The van der Waals surface area contributed by atoms with Gasteiger partial charge in [0.2, 0.25) is 0 Å². The van der Waals surface area contributed by atoms with Gasteiger partial charge in [0, 0.05) is 26.8 Å².